The number of hydrogen-bond donors (Lipinski definition) is 0. The van der Waals surface area contributed by atoms with Crippen LogP contribution in [0.1, 0.15) is 39.7 Å². The lowest BCUT2D eigenvalue weighted by Gasteiger charge is -2.34. The van der Waals surface area contributed by atoms with Gasteiger partial charge >= 0.3 is 0 Å². The maximum absolute atomic E-state index is 13.0. The fourth-order valence-electron chi connectivity index (χ4n) is 4.20. The van der Waals surface area contributed by atoms with Gasteiger partial charge in [0.15, 0.2) is 0 Å². The van der Waals surface area contributed by atoms with Crippen LogP contribution < -0.4 is 4.90 Å². The Morgan fingerprint density at radius 3 is 2.33 bits per heavy atom. The molecule has 0 spiro atoms. The van der Waals surface area contributed by atoms with Gasteiger partial charge in [0.1, 0.15) is 0 Å². The van der Waals surface area contributed by atoms with Crippen molar-refractivity contribution in [3.05, 3.63) is 23.8 Å². The van der Waals surface area contributed by atoms with Gasteiger partial charge in [-0.25, -0.2) is 8.42 Å². The topological polar surface area (TPSA) is 57.7 Å². The van der Waals surface area contributed by atoms with Crippen LogP contribution in [-0.4, -0.2) is 37.8 Å². The smallest absolute Gasteiger partial charge is 0.243 e. The van der Waals surface area contributed by atoms with Crippen molar-refractivity contribution in [2.75, 3.05) is 18.0 Å². The van der Waals surface area contributed by atoms with Gasteiger partial charge in [-0.05, 0) is 55.4 Å². The number of rotatable bonds is 2. The lowest BCUT2D eigenvalue weighted by molar-refractivity contribution is -0.116. The highest BCUT2D eigenvalue weighted by molar-refractivity contribution is 7.89. The molecule has 132 valence electrons. The molecule has 1 saturated heterocycles. The Bertz CT molecular complexity index is 750. The average molecular weight is 350 g/mol. The normalized spacial score (nSPS) is 28.0. The second-order valence-corrected chi connectivity index (χ2v) is 9.44. The van der Waals surface area contributed by atoms with Crippen LogP contribution in [0.4, 0.5) is 5.69 Å². The zero-order valence-corrected chi connectivity index (χ0v) is 15.6. The molecule has 1 amide bonds. The molecule has 1 aromatic rings. The summed E-state index contributed by atoms with van der Waals surface area (Å²) in [4.78, 5) is 13.9. The van der Waals surface area contributed by atoms with Gasteiger partial charge < -0.3 is 4.90 Å². The number of piperidine rings is 1. The Morgan fingerprint density at radius 2 is 1.75 bits per heavy atom. The summed E-state index contributed by atoms with van der Waals surface area (Å²) in [5, 5.41) is 0. The molecule has 0 N–H and O–H groups in total. The molecule has 0 aromatic heterocycles. The van der Waals surface area contributed by atoms with Crippen LogP contribution in [0.2, 0.25) is 0 Å². The molecule has 0 aliphatic carbocycles. The SMILES string of the molecule is CC(=O)N1c2ccc(S(=O)(=O)N3C[C@H](C)C[C@H](C)C3)cc2C[C@@H]1C. The monoisotopic (exact) mass is 350 g/mol. The van der Waals surface area contributed by atoms with E-state index in [0.29, 0.717) is 36.2 Å². The van der Waals surface area contributed by atoms with Crippen molar-refractivity contribution in [1.29, 1.82) is 0 Å². The molecular weight excluding hydrogens is 324 g/mol. The molecule has 3 rings (SSSR count). The molecule has 1 aromatic carbocycles. The van der Waals surface area contributed by atoms with Gasteiger partial charge in [0.25, 0.3) is 0 Å². The second-order valence-electron chi connectivity index (χ2n) is 7.50. The number of benzene rings is 1. The van der Waals surface area contributed by atoms with E-state index in [0.717, 1.165) is 17.7 Å². The summed E-state index contributed by atoms with van der Waals surface area (Å²) < 4.78 is 27.7. The van der Waals surface area contributed by atoms with Crippen LogP contribution in [0.3, 0.4) is 0 Å². The zero-order valence-electron chi connectivity index (χ0n) is 14.8. The summed E-state index contributed by atoms with van der Waals surface area (Å²) in [5.41, 5.74) is 1.78. The average Bonchev–Trinajstić information content (AvgIpc) is 2.81. The Kier molecular flexibility index (Phi) is 4.47. The summed E-state index contributed by atoms with van der Waals surface area (Å²) in [6, 6.07) is 5.26. The van der Waals surface area contributed by atoms with Crippen molar-refractivity contribution in [2.24, 2.45) is 11.8 Å². The zero-order chi connectivity index (χ0) is 17.6. The number of amides is 1. The van der Waals surface area contributed by atoms with Gasteiger partial charge in [-0.2, -0.15) is 4.31 Å². The van der Waals surface area contributed by atoms with Crippen LogP contribution >= 0.6 is 0 Å². The molecule has 5 nitrogen and oxygen atoms in total. The van der Waals surface area contributed by atoms with Crippen molar-refractivity contribution in [3.8, 4) is 0 Å². The first-order valence-corrected chi connectivity index (χ1v) is 10.1. The quantitative estimate of drug-likeness (QED) is 0.824. The number of fused-ring (bicyclic) bond motifs is 1. The van der Waals surface area contributed by atoms with Crippen LogP contribution in [0.25, 0.3) is 0 Å². The highest BCUT2D eigenvalue weighted by atomic mass is 32.2. The van der Waals surface area contributed by atoms with Gasteiger partial charge in [0.05, 0.1) is 4.90 Å². The molecular formula is C18H26N2O3S. The van der Waals surface area contributed by atoms with E-state index in [1.807, 2.05) is 6.92 Å². The van der Waals surface area contributed by atoms with Gasteiger partial charge in [-0.1, -0.05) is 13.8 Å². The van der Waals surface area contributed by atoms with Gasteiger partial charge in [-0.15, -0.1) is 0 Å². The fraction of sp³-hybridized carbons (Fsp3) is 0.611. The molecule has 2 aliphatic rings. The number of anilines is 1. The predicted molar refractivity (Wildman–Crippen MR) is 94.5 cm³/mol. The maximum atomic E-state index is 13.0. The van der Waals surface area contributed by atoms with Crippen LogP contribution in [-0.2, 0) is 21.2 Å². The molecule has 0 unspecified atom stereocenters. The van der Waals surface area contributed by atoms with E-state index in [2.05, 4.69) is 13.8 Å². The van der Waals surface area contributed by atoms with Crippen LogP contribution in [0, 0.1) is 11.8 Å². The van der Waals surface area contributed by atoms with Gasteiger partial charge in [0.2, 0.25) is 15.9 Å². The summed E-state index contributed by atoms with van der Waals surface area (Å²) in [5.74, 6) is 0.757. The van der Waals surface area contributed by atoms with E-state index >= 15 is 0 Å². The highest BCUT2D eigenvalue weighted by Gasteiger charge is 2.34. The van der Waals surface area contributed by atoms with Gasteiger partial charge in [-0.3, -0.25) is 4.79 Å². The Labute approximate surface area is 144 Å². The lowest BCUT2D eigenvalue weighted by Crippen LogP contribution is -2.42. The van der Waals surface area contributed by atoms with Crippen molar-refractivity contribution >= 4 is 21.6 Å². The molecule has 0 bridgehead atoms. The van der Waals surface area contributed by atoms with E-state index in [1.165, 1.54) is 0 Å². The third-order valence-electron chi connectivity index (χ3n) is 5.08. The van der Waals surface area contributed by atoms with Crippen molar-refractivity contribution in [1.82, 2.24) is 4.31 Å². The van der Waals surface area contributed by atoms with E-state index in [9.17, 15) is 13.2 Å². The van der Waals surface area contributed by atoms with E-state index in [1.54, 1.807) is 34.3 Å². The third-order valence-corrected chi connectivity index (χ3v) is 6.91. The second kappa shape index (κ2) is 6.15. The number of carbonyl (C=O) groups excluding carboxylic acids is 1. The first-order chi connectivity index (χ1) is 11.2. The minimum atomic E-state index is -3.47. The van der Waals surface area contributed by atoms with Crippen LogP contribution in [0.15, 0.2) is 23.1 Å². The van der Waals surface area contributed by atoms with E-state index in [4.69, 9.17) is 0 Å². The standard InChI is InChI=1S/C18H26N2O3S/c1-12-7-13(2)11-19(10-12)24(22,23)17-5-6-18-16(9-17)8-14(3)20(18)15(4)21/h5-6,9,12-14H,7-8,10-11H2,1-4H3/t12-,13+,14-/m0/s1. The molecule has 1 fully saturated rings. The minimum Gasteiger partial charge on any atom is -0.309 e. The first kappa shape index (κ1) is 17.4. The number of sulfonamides is 1. The minimum absolute atomic E-state index is 0.00413. The van der Waals surface area contributed by atoms with E-state index in [-0.39, 0.29) is 11.9 Å². The third kappa shape index (κ3) is 2.97. The Balaban J connectivity index is 1.94. The van der Waals surface area contributed by atoms with Crippen molar-refractivity contribution in [3.63, 3.8) is 0 Å². The van der Waals surface area contributed by atoms with Crippen molar-refractivity contribution in [2.45, 2.75) is 51.5 Å². The molecule has 6 heteroatoms. The number of carbonyl (C=O) groups is 1. The Morgan fingerprint density at radius 1 is 1.12 bits per heavy atom. The molecule has 2 heterocycles. The summed E-state index contributed by atoms with van der Waals surface area (Å²) >= 11 is 0. The van der Waals surface area contributed by atoms with Crippen molar-refractivity contribution < 1.29 is 13.2 Å². The molecule has 2 aliphatic heterocycles. The predicted octanol–water partition coefficient (Wildman–Crippen LogP) is 2.65. The summed E-state index contributed by atoms with van der Waals surface area (Å²) in [6.07, 6.45) is 1.77. The lowest BCUT2D eigenvalue weighted by atomic mass is 9.94. The number of nitrogens with zero attached hydrogens (tertiary/aromatic N) is 2. The number of hydrogen-bond acceptors (Lipinski definition) is 3. The van der Waals surface area contributed by atoms with E-state index < -0.39 is 10.0 Å². The molecule has 24 heavy (non-hydrogen) atoms. The molecule has 0 radical (unpaired) electrons. The molecule has 0 saturated carbocycles. The fourth-order valence-corrected chi connectivity index (χ4v) is 5.93. The van der Waals surface area contributed by atoms with Crippen LogP contribution in [0.5, 0.6) is 0 Å². The molecule has 3 atom stereocenters. The summed E-state index contributed by atoms with van der Waals surface area (Å²) in [6.45, 7) is 8.91. The largest absolute Gasteiger partial charge is 0.309 e. The highest BCUT2D eigenvalue weighted by Crippen LogP contribution is 2.35. The maximum Gasteiger partial charge on any atom is 0.243 e. The summed E-state index contributed by atoms with van der Waals surface area (Å²) in [7, 11) is -3.47. The first-order valence-electron chi connectivity index (χ1n) is 8.63. The van der Waals surface area contributed by atoms with Gasteiger partial charge in [0, 0.05) is 31.7 Å². The Hall–Kier alpha value is -1.40.